The zero-order chi connectivity index (χ0) is 12.1. The van der Waals surface area contributed by atoms with Gasteiger partial charge in [0, 0.05) is 13.1 Å². The van der Waals surface area contributed by atoms with Crippen LogP contribution < -0.4 is 5.32 Å². The number of β-amino-alcohol motifs (C(OH)–C–C–N with tert-alkyl or cyclic N) is 2. The fraction of sp³-hybridized carbons (Fsp3) is 0.778. The van der Waals surface area contributed by atoms with E-state index in [1.165, 1.54) is 0 Å². The Morgan fingerprint density at radius 3 is 2.44 bits per heavy atom. The standard InChI is InChI=1S/C9H16N2O5/c1-2-16-9(15)10-8(14)5-11-3-6(12)7(13)4-11/h6-7,12-13H,2-5H2,1H3,(H,10,14,15)/t6-,7+. The smallest absolute Gasteiger partial charge is 0.413 e. The molecule has 0 spiro atoms. The zero-order valence-electron chi connectivity index (χ0n) is 9.05. The number of likely N-dealkylation sites (tertiary alicyclic amines) is 1. The van der Waals surface area contributed by atoms with E-state index in [-0.39, 0.29) is 26.2 Å². The molecule has 0 aliphatic carbocycles. The third-order valence-corrected chi connectivity index (χ3v) is 2.22. The molecule has 0 aromatic carbocycles. The molecule has 1 fully saturated rings. The van der Waals surface area contributed by atoms with Crippen LogP contribution in [0, 0.1) is 0 Å². The fourth-order valence-corrected chi connectivity index (χ4v) is 1.50. The van der Waals surface area contributed by atoms with Gasteiger partial charge in [-0.15, -0.1) is 0 Å². The number of nitrogens with one attached hydrogen (secondary N) is 1. The Bertz CT molecular complexity index is 261. The molecule has 0 aromatic rings. The van der Waals surface area contributed by atoms with Crippen molar-refractivity contribution in [3.05, 3.63) is 0 Å². The Labute approximate surface area is 93.0 Å². The number of hydrogen-bond donors (Lipinski definition) is 3. The summed E-state index contributed by atoms with van der Waals surface area (Å²) in [5, 5.41) is 20.5. The molecule has 0 radical (unpaired) electrons. The van der Waals surface area contributed by atoms with E-state index in [1.54, 1.807) is 11.8 Å². The van der Waals surface area contributed by atoms with Gasteiger partial charge in [0.2, 0.25) is 5.91 Å². The van der Waals surface area contributed by atoms with E-state index >= 15 is 0 Å². The lowest BCUT2D eigenvalue weighted by Gasteiger charge is -2.13. The highest BCUT2D eigenvalue weighted by atomic mass is 16.5. The van der Waals surface area contributed by atoms with Gasteiger partial charge in [0.25, 0.3) is 0 Å². The predicted octanol–water partition coefficient (Wildman–Crippen LogP) is -1.70. The van der Waals surface area contributed by atoms with Gasteiger partial charge in [0.15, 0.2) is 0 Å². The maximum absolute atomic E-state index is 11.3. The number of carbonyl (C=O) groups excluding carboxylic acids is 2. The second-order valence-electron chi connectivity index (χ2n) is 3.60. The van der Waals surface area contributed by atoms with Gasteiger partial charge < -0.3 is 14.9 Å². The van der Waals surface area contributed by atoms with Gasteiger partial charge in [0.1, 0.15) is 0 Å². The number of imide groups is 1. The van der Waals surface area contributed by atoms with Crippen molar-refractivity contribution in [2.45, 2.75) is 19.1 Å². The molecule has 3 N–H and O–H groups in total. The van der Waals surface area contributed by atoms with Gasteiger partial charge in [-0.25, -0.2) is 4.79 Å². The summed E-state index contributed by atoms with van der Waals surface area (Å²) in [6.45, 7) is 2.22. The minimum absolute atomic E-state index is 0.0487. The lowest BCUT2D eigenvalue weighted by atomic mass is 10.3. The number of nitrogens with zero attached hydrogens (tertiary/aromatic N) is 1. The van der Waals surface area contributed by atoms with E-state index in [1.807, 2.05) is 5.32 Å². The molecule has 92 valence electrons. The van der Waals surface area contributed by atoms with Crippen LogP contribution in [0.4, 0.5) is 4.79 Å². The number of rotatable bonds is 3. The van der Waals surface area contributed by atoms with Gasteiger partial charge in [-0.3, -0.25) is 15.0 Å². The van der Waals surface area contributed by atoms with Gasteiger partial charge in [0.05, 0.1) is 25.4 Å². The Morgan fingerprint density at radius 1 is 1.38 bits per heavy atom. The van der Waals surface area contributed by atoms with E-state index in [0.717, 1.165) is 0 Å². The molecule has 7 heteroatoms. The number of aliphatic hydroxyl groups excluding tert-OH is 2. The highest BCUT2D eigenvalue weighted by Crippen LogP contribution is 2.08. The summed E-state index contributed by atoms with van der Waals surface area (Å²) in [7, 11) is 0. The minimum atomic E-state index is -0.838. The van der Waals surface area contributed by atoms with Crippen molar-refractivity contribution in [3.63, 3.8) is 0 Å². The molecule has 1 heterocycles. The lowest BCUT2D eigenvalue weighted by molar-refractivity contribution is -0.121. The second-order valence-corrected chi connectivity index (χ2v) is 3.60. The molecule has 1 aliphatic rings. The van der Waals surface area contributed by atoms with Crippen molar-refractivity contribution in [3.8, 4) is 0 Å². The van der Waals surface area contributed by atoms with Gasteiger partial charge in [-0.1, -0.05) is 0 Å². The molecule has 16 heavy (non-hydrogen) atoms. The van der Waals surface area contributed by atoms with Crippen LogP contribution in [0.1, 0.15) is 6.92 Å². The molecule has 0 bridgehead atoms. The van der Waals surface area contributed by atoms with Gasteiger partial charge in [-0.2, -0.15) is 0 Å². The first-order valence-electron chi connectivity index (χ1n) is 5.08. The lowest BCUT2D eigenvalue weighted by Crippen LogP contribution is -2.39. The number of hydrogen-bond acceptors (Lipinski definition) is 6. The Kier molecular flexibility index (Phi) is 4.66. The van der Waals surface area contributed by atoms with Gasteiger partial charge in [-0.05, 0) is 6.92 Å². The van der Waals surface area contributed by atoms with Crippen LogP contribution in [-0.4, -0.2) is 65.6 Å². The van der Waals surface area contributed by atoms with E-state index in [4.69, 9.17) is 0 Å². The van der Waals surface area contributed by atoms with Crippen LogP contribution >= 0.6 is 0 Å². The molecule has 0 saturated carbocycles. The van der Waals surface area contributed by atoms with Crippen LogP contribution in [0.2, 0.25) is 0 Å². The molecule has 7 nitrogen and oxygen atoms in total. The van der Waals surface area contributed by atoms with Crippen molar-refractivity contribution in [2.75, 3.05) is 26.2 Å². The molecular weight excluding hydrogens is 216 g/mol. The number of amides is 2. The Balaban J connectivity index is 2.27. The maximum Gasteiger partial charge on any atom is 0.413 e. The molecule has 0 aromatic heterocycles. The first-order valence-corrected chi connectivity index (χ1v) is 5.08. The highest BCUT2D eigenvalue weighted by molar-refractivity contribution is 5.92. The zero-order valence-corrected chi connectivity index (χ0v) is 9.05. The second kappa shape index (κ2) is 5.78. The van der Waals surface area contributed by atoms with Crippen molar-refractivity contribution >= 4 is 12.0 Å². The molecule has 1 saturated heterocycles. The quantitative estimate of drug-likeness (QED) is 0.536. The maximum atomic E-state index is 11.3. The van der Waals surface area contributed by atoms with Crippen LogP contribution in [0.15, 0.2) is 0 Å². The summed E-state index contributed by atoms with van der Waals surface area (Å²) in [6.07, 6.45) is -2.46. The highest BCUT2D eigenvalue weighted by Gasteiger charge is 2.30. The molecule has 0 unspecified atom stereocenters. The number of aliphatic hydroxyl groups is 2. The van der Waals surface area contributed by atoms with E-state index in [0.29, 0.717) is 0 Å². The SMILES string of the molecule is CCOC(=O)NC(=O)CN1C[C@@H](O)[C@@H](O)C1. The molecule has 1 aliphatic heterocycles. The average molecular weight is 232 g/mol. The molecular formula is C9H16N2O5. The fourth-order valence-electron chi connectivity index (χ4n) is 1.50. The van der Waals surface area contributed by atoms with Crippen LogP contribution in [0.3, 0.4) is 0 Å². The first kappa shape index (κ1) is 12.9. The number of ether oxygens (including phenoxy) is 1. The summed E-state index contributed by atoms with van der Waals surface area (Å²) in [4.78, 5) is 23.7. The summed E-state index contributed by atoms with van der Waals surface area (Å²) in [5.41, 5.74) is 0. The van der Waals surface area contributed by atoms with Crippen LogP contribution in [-0.2, 0) is 9.53 Å². The summed E-state index contributed by atoms with van der Waals surface area (Å²) < 4.78 is 4.53. The van der Waals surface area contributed by atoms with Crippen molar-refractivity contribution < 1.29 is 24.5 Å². The van der Waals surface area contributed by atoms with E-state index in [9.17, 15) is 19.8 Å². The summed E-state index contributed by atoms with van der Waals surface area (Å²) >= 11 is 0. The van der Waals surface area contributed by atoms with Crippen molar-refractivity contribution in [1.29, 1.82) is 0 Å². The Hall–Kier alpha value is -1.18. The van der Waals surface area contributed by atoms with E-state index in [2.05, 4.69) is 4.74 Å². The number of alkyl carbamates (subject to hydrolysis) is 1. The third kappa shape index (κ3) is 3.76. The largest absolute Gasteiger partial charge is 0.450 e. The normalized spacial score (nSPS) is 25.4. The third-order valence-electron chi connectivity index (χ3n) is 2.22. The Morgan fingerprint density at radius 2 is 1.94 bits per heavy atom. The first-order chi connectivity index (χ1) is 7.52. The average Bonchev–Trinajstić information content (AvgIpc) is 2.45. The number of carbonyl (C=O) groups is 2. The van der Waals surface area contributed by atoms with Crippen molar-refractivity contribution in [2.24, 2.45) is 0 Å². The minimum Gasteiger partial charge on any atom is -0.450 e. The van der Waals surface area contributed by atoms with Crippen LogP contribution in [0.5, 0.6) is 0 Å². The van der Waals surface area contributed by atoms with Crippen LogP contribution in [0.25, 0.3) is 0 Å². The molecule has 2 atom stereocenters. The summed E-state index contributed by atoms with van der Waals surface area (Å²) in [6, 6.07) is 0. The summed E-state index contributed by atoms with van der Waals surface area (Å²) in [5.74, 6) is -0.514. The van der Waals surface area contributed by atoms with Crippen molar-refractivity contribution in [1.82, 2.24) is 10.2 Å². The predicted molar refractivity (Wildman–Crippen MR) is 53.6 cm³/mol. The molecule has 2 amide bonds. The topological polar surface area (TPSA) is 99.1 Å². The monoisotopic (exact) mass is 232 g/mol. The van der Waals surface area contributed by atoms with E-state index < -0.39 is 24.2 Å². The molecule has 1 rings (SSSR count). The van der Waals surface area contributed by atoms with Gasteiger partial charge >= 0.3 is 6.09 Å².